The summed E-state index contributed by atoms with van der Waals surface area (Å²) in [7, 11) is 0. The summed E-state index contributed by atoms with van der Waals surface area (Å²) in [5.41, 5.74) is 0.488. The summed E-state index contributed by atoms with van der Waals surface area (Å²) in [6, 6.07) is 10.5. The normalized spacial score (nSPS) is 14.5. The number of carbonyl (C=O) groups is 3. The SMILES string of the molecule is CCOc1ccc2ccccc2c1C=C1C(=O)NC(=O)NC1=O. The summed E-state index contributed by atoms with van der Waals surface area (Å²) >= 11 is 0. The number of urea groups is 1. The quantitative estimate of drug-likeness (QED) is 0.670. The Bertz CT molecular complexity index is 833. The van der Waals surface area contributed by atoms with E-state index in [-0.39, 0.29) is 5.57 Å². The van der Waals surface area contributed by atoms with Gasteiger partial charge in [-0.2, -0.15) is 0 Å². The zero-order valence-electron chi connectivity index (χ0n) is 12.4. The molecule has 2 N–H and O–H groups in total. The third kappa shape index (κ3) is 2.78. The molecule has 3 rings (SSSR count). The van der Waals surface area contributed by atoms with Crippen LogP contribution in [0.15, 0.2) is 42.0 Å². The van der Waals surface area contributed by atoms with Crippen LogP contribution in [-0.4, -0.2) is 24.5 Å². The van der Waals surface area contributed by atoms with Gasteiger partial charge in [-0.25, -0.2) is 4.79 Å². The van der Waals surface area contributed by atoms with Gasteiger partial charge in [0.2, 0.25) is 0 Å². The number of benzene rings is 2. The van der Waals surface area contributed by atoms with Crippen LogP contribution in [-0.2, 0) is 9.59 Å². The maximum Gasteiger partial charge on any atom is 0.328 e. The Labute approximate surface area is 132 Å². The Balaban J connectivity index is 2.19. The minimum atomic E-state index is -0.819. The van der Waals surface area contributed by atoms with Crippen molar-refractivity contribution in [3.8, 4) is 5.75 Å². The summed E-state index contributed by atoms with van der Waals surface area (Å²) in [5, 5.41) is 5.93. The number of imide groups is 2. The molecule has 1 heterocycles. The molecule has 0 atom stereocenters. The Morgan fingerprint density at radius 1 is 1.00 bits per heavy atom. The van der Waals surface area contributed by atoms with Crippen molar-refractivity contribution in [2.45, 2.75) is 6.92 Å². The number of carbonyl (C=O) groups excluding carboxylic acids is 3. The summed E-state index contributed by atoms with van der Waals surface area (Å²) in [4.78, 5) is 35.0. The number of barbiturate groups is 1. The van der Waals surface area contributed by atoms with Crippen LogP contribution in [0.2, 0.25) is 0 Å². The minimum absolute atomic E-state index is 0.137. The van der Waals surface area contributed by atoms with Gasteiger partial charge in [0, 0.05) is 5.56 Å². The maximum absolute atomic E-state index is 11.9. The molecule has 0 spiro atoms. The molecule has 0 aliphatic carbocycles. The molecule has 0 unspecified atom stereocenters. The number of fused-ring (bicyclic) bond motifs is 1. The van der Waals surface area contributed by atoms with Crippen molar-refractivity contribution in [2.75, 3.05) is 6.61 Å². The molecule has 1 aliphatic heterocycles. The summed E-state index contributed by atoms with van der Waals surface area (Å²) in [6.45, 7) is 2.30. The number of nitrogens with one attached hydrogen (secondary N) is 2. The topological polar surface area (TPSA) is 84.5 Å². The van der Waals surface area contributed by atoms with Gasteiger partial charge in [-0.3, -0.25) is 20.2 Å². The molecule has 4 amide bonds. The van der Waals surface area contributed by atoms with Gasteiger partial charge in [0.05, 0.1) is 6.61 Å². The Morgan fingerprint density at radius 2 is 1.70 bits per heavy atom. The standard InChI is InChI=1S/C17H14N2O4/c1-2-23-14-8-7-10-5-3-4-6-11(10)12(14)9-13-15(20)18-17(22)19-16(13)21/h3-9H,2H2,1H3,(H2,18,19,20,21,22). The Morgan fingerprint density at radius 3 is 2.39 bits per heavy atom. The number of amides is 4. The predicted octanol–water partition coefficient (Wildman–Crippen LogP) is 1.99. The van der Waals surface area contributed by atoms with Gasteiger partial charge in [0.25, 0.3) is 11.8 Å². The monoisotopic (exact) mass is 310 g/mol. The zero-order chi connectivity index (χ0) is 16.4. The Hall–Kier alpha value is -3.15. The van der Waals surface area contributed by atoms with Crippen LogP contribution in [0.4, 0.5) is 4.79 Å². The third-order valence-electron chi connectivity index (χ3n) is 3.46. The van der Waals surface area contributed by atoms with Gasteiger partial charge < -0.3 is 4.74 Å². The molecular weight excluding hydrogens is 296 g/mol. The van der Waals surface area contributed by atoms with Crippen molar-refractivity contribution in [2.24, 2.45) is 0 Å². The molecule has 1 fully saturated rings. The van der Waals surface area contributed by atoms with Crippen molar-refractivity contribution in [3.63, 3.8) is 0 Å². The first-order valence-electron chi connectivity index (χ1n) is 7.13. The second-order valence-corrected chi connectivity index (χ2v) is 4.93. The second-order valence-electron chi connectivity index (χ2n) is 4.93. The molecule has 2 aromatic carbocycles. The fourth-order valence-electron chi connectivity index (χ4n) is 2.46. The first-order chi connectivity index (χ1) is 11.1. The van der Waals surface area contributed by atoms with Crippen LogP contribution >= 0.6 is 0 Å². The predicted molar refractivity (Wildman–Crippen MR) is 84.8 cm³/mol. The highest BCUT2D eigenvalue weighted by Gasteiger charge is 2.28. The largest absolute Gasteiger partial charge is 0.493 e. The molecule has 1 saturated heterocycles. The van der Waals surface area contributed by atoms with E-state index >= 15 is 0 Å². The van der Waals surface area contributed by atoms with Gasteiger partial charge in [0.1, 0.15) is 11.3 Å². The third-order valence-corrected chi connectivity index (χ3v) is 3.46. The number of ether oxygens (including phenoxy) is 1. The van der Waals surface area contributed by atoms with Crippen molar-refractivity contribution in [1.82, 2.24) is 10.6 Å². The van der Waals surface area contributed by atoms with Crippen LogP contribution < -0.4 is 15.4 Å². The first kappa shape index (κ1) is 14.8. The van der Waals surface area contributed by atoms with Crippen LogP contribution in [0.3, 0.4) is 0 Å². The number of hydrogen-bond donors (Lipinski definition) is 2. The van der Waals surface area contributed by atoms with E-state index in [9.17, 15) is 14.4 Å². The lowest BCUT2D eigenvalue weighted by Gasteiger charge is -2.16. The molecule has 0 aromatic heterocycles. The van der Waals surface area contributed by atoms with Gasteiger partial charge >= 0.3 is 6.03 Å². The van der Waals surface area contributed by atoms with Crippen LogP contribution in [0.25, 0.3) is 16.8 Å². The van der Waals surface area contributed by atoms with Crippen molar-refractivity contribution in [1.29, 1.82) is 0 Å². The Kier molecular flexibility index (Phi) is 3.80. The second kappa shape index (κ2) is 5.92. The van der Waals surface area contributed by atoms with E-state index in [2.05, 4.69) is 10.6 Å². The van der Waals surface area contributed by atoms with Crippen LogP contribution in [0.5, 0.6) is 5.75 Å². The number of rotatable bonds is 3. The zero-order valence-corrected chi connectivity index (χ0v) is 12.4. The highest BCUT2D eigenvalue weighted by Crippen LogP contribution is 2.30. The average Bonchev–Trinajstić information content (AvgIpc) is 2.52. The lowest BCUT2D eigenvalue weighted by atomic mass is 10.00. The smallest absolute Gasteiger partial charge is 0.328 e. The van der Waals surface area contributed by atoms with E-state index in [4.69, 9.17) is 4.74 Å². The van der Waals surface area contributed by atoms with Gasteiger partial charge in [-0.05, 0) is 29.8 Å². The van der Waals surface area contributed by atoms with Gasteiger partial charge in [-0.15, -0.1) is 0 Å². The summed E-state index contributed by atoms with van der Waals surface area (Å²) < 4.78 is 5.60. The summed E-state index contributed by atoms with van der Waals surface area (Å²) in [6.07, 6.45) is 1.45. The molecule has 23 heavy (non-hydrogen) atoms. The van der Waals surface area contributed by atoms with Gasteiger partial charge in [0.15, 0.2) is 0 Å². The fourth-order valence-corrected chi connectivity index (χ4v) is 2.46. The van der Waals surface area contributed by atoms with E-state index in [0.717, 1.165) is 10.8 Å². The molecule has 0 radical (unpaired) electrons. The number of hydrogen-bond acceptors (Lipinski definition) is 4. The summed E-state index contributed by atoms with van der Waals surface area (Å²) in [5.74, 6) is -0.889. The van der Waals surface area contributed by atoms with Crippen molar-refractivity contribution < 1.29 is 19.1 Å². The van der Waals surface area contributed by atoms with E-state index in [1.54, 1.807) is 6.07 Å². The van der Waals surface area contributed by atoms with Crippen molar-refractivity contribution >= 4 is 34.7 Å². The van der Waals surface area contributed by atoms with E-state index in [0.29, 0.717) is 17.9 Å². The van der Waals surface area contributed by atoms with E-state index < -0.39 is 17.8 Å². The highest BCUT2D eigenvalue weighted by atomic mass is 16.5. The molecule has 0 bridgehead atoms. The first-order valence-corrected chi connectivity index (χ1v) is 7.13. The van der Waals surface area contributed by atoms with Crippen LogP contribution in [0.1, 0.15) is 12.5 Å². The molecule has 6 nitrogen and oxygen atoms in total. The molecule has 0 saturated carbocycles. The van der Waals surface area contributed by atoms with Gasteiger partial charge in [-0.1, -0.05) is 30.3 Å². The van der Waals surface area contributed by atoms with Crippen LogP contribution in [0, 0.1) is 0 Å². The highest BCUT2D eigenvalue weighted by molar-refractivity contribution is 6.31. The molecular formula is C17H14N2O4. The maximum atomic E-state index is 11.9. The van der Waals surface area contributed by atoms with E-state index in [1.807, 2.05) is 37.3 Å². The molecule has 6 heteroatoms. The molecule has 1 aliphatic rings. The van der Waals surface area contributed by atoms with Crippen molar-refractivity contribution in [3.05, 3.63) is 47.5 Å². The lowest BCUT2D eigenvalue weighted by Crippen LogP contribution is -2.51. The molecule has 2 aromatic rings. The minimum Gasteiger partial charge on any atom is -0.493 e. The molecule has 116 valence electrons. The fraction of sp³-hybridized carbons (Fsp3) is 0.118. The lowest BCUT2D eigenvalue weighted by molar-refractivity contribution is -0.123. The van der Waals surface area contributed by atoms with E-state index in [1.165, 1.54) is 6.08 Å². The average molecular weight is 310 g/mol.